The van der Waals surface area contributed by atoms with Gasteiger partial charge in [-0.2, -0.15) is 0 Å². The van der Waals surface area contributed by atoms with Crippen molar-refractivity contribution in [1.82, 2.24) is 0 Å². The molecule has 4 nitrogen and oxygen atoms in total. The monoisotopic (exact) mass is 190 g/mol. The first-order valence-corrected chi connectivity index (χ1v) is 4.43. The SMILES string of the molecule is CC(C)CO[C@@H](C)OC(C)C(=O)O. The molecule has 0 amide bonds. The molecule has 0 aliphatic rings. The maximum absolute atomic E-state index is 10.4. The maximum atomic E-state index is 10.4. The number of carbonyl (C=O) groups is 1. The largest absolute Gasteiger partial charge is 0.479 e. The second-order valence-corrected chi connectivity index (χ2v) is 3.41. The summed E-state index contributed by atoms with van der Waals surface area (Å²) in [6, 6.07) is 0. The van der Waals surface area contributed by atoms with E-state index in [1.807, 2.05) is 13.8 Å². The van der Waals surface area contributed by atoms with Crippen LogP contribution in [0.2, 0.25) is 0 Å². The standard InChI is InChI=1S/C9H18O4/c1-6(2)5-12-8(4)13-7(3)9(10)11/h6-8H,5H2,1-4H3,(H,10,11)/t7?,8-/m1/s1. The van der Waals surface area contributed by atoms with Gasteiger partial charge in [0.1, 0.15) is 0 Å². The molecule has 13 heavy (non-hydrogen) atoms. The lowest BCUT2D eigenvalue weighted by atomic mass is 10.2. The fraction of sp³-hybridized carbons (Fsp3) is 0.889. The molecule has 2 atom stereocenters. The smallest absolute Gasteiger partial charge is 0.332 e. The van der Waals surface area contributed by atoms with Gasteiger partial charge in [-0.25, -0.2) is 4.79 Å². The van der Waals surface area contributed by atoms with Crippen molar-refractivity contribution in [1.29, 1.82) is 0 Å². The van der Waals surface area contributed by atoms with Crippen molar-refractivity contribution in [3.05, 3.63) is 0 Å². The van der Waals surface area contributed by atoms with Crippen LogP contribution in [-0.4, -0.2) is 30.1 Å². The summed E-state index contributed by atoms with van der Waals surface area (Å²) in [7, 11) is 0. The molecule has 0 rings (SSSR count). The van der Waals surface area contributed by atoms with Crippen molar-refractivity contribution in [3.63, 3.8) is 0 Å². The van der Waals surface area contributed by atoms with Crippen LogP contribution in [0.1, 0.15) is 27.7 Å². The molecule has 1 N–H and O–H groups in total. The minimum atomic E-state index is -0.972. The number of ether oxygens (including phenoxy) is 2. The third-order valence-corrected chi connectivity index (χ3v) is 1.41. The third-order valence-electron chi connectivity index (χ3n) is 1.41. The second-order valence-electron chi connectivity index (χ2n) is 3.41. The fourth-order valence-corrected chi connectivity index (χ4v) is 0.713. The van der Waals surface area contributed by atoms with Crippen molar-refractivity contribution in [3.8, 4) is 0 Å². The predicted octanol–water partition coefficient (Wildman–Crippen LogP) is 1.49. The van der Waals surface area contributed by atoms with Gasteiger partial charge in [0.05, 0.1) is 6.61 Å². The Morgan fingerprint density at radius 2 is 1.85 bits per heavy atom. The van der Waals surface area contributed by atoms with Gasteiger partial charge in [0, 0.05) is 0 Å². The summed E-state index contributed by atoms with van der Waals surface area (Å²) in [5, 5.41) is 8.53. The number of carboxylic acids is 1. The van der Waals surface area contributed by atoms with E-state index in [4.69, 9.17) is 14.6 Å². The number of rotatable bonds is 6. The van der Waals surface area contributed by atoms with Gasteiger partial charge in [0.15, 0.2) is 12.4 Å². The van der Waals surface area contributed by atoms with Gasteiger partial charge >= 0.3 is 5.97 Å². The van der Waals surface area contributed by atoms with E-state index in [0.29, 0.717) is 12.5 Å². The molecule has 0 fully saturated rings. The van der Waals surface area contributed by atoms with Crippen LogP contribution >= 0.6 is 0 Å². The quantitative estimate of drug-likeness (QED) is 0.645. The molecule has 0 aromatic carbocycles. The van der Waals surface area contributed by atoms with Crippen LogP contribution in [0.3, 0.4) is 0 Å². The highest BCUT2D eigenvalue weighted by Gasteiger charge is 2.15. The van der Waals surface area contributed by atoms with E-state index < -0.39 is 18.4 Å². The molecule has 0 saturated heterocycles. The molecule has 0 saturated carbocycles. The van der Waals surface area contributed by atoms with Crippen LogP contribution in [-0.2, 0) is 14.3 Å². The van der Waals surface area contributed by atoms with Gasteiger partial charge in [-0.15, -0.1) is 0 Å². The summed E-state index contributed by atoms with van der Waals surface area (Å²) in [6.07, 6.45) is -1.28. The van der Waals surface area contributed by atoms with E-state index in [0.717, 1.165) is 0 Å². The van der Waals surface area contributed by atoms with Crippen molar-refractivity contribution in [2.24, 2.45) is 5.92 Å². The van der Waals surface area contributed by atoms with E-state index in [-0.39, 0.29) is 0 Å². The van der Waals surface area contributed by atoms with Gasteiger partial charge in [-0.3, -0.25) is 0 Å². The third kappa shape index (κ3) is 6.54. The molecular formula is C9H18O4. The first-order chi connectivity index (χ1) is 5.93. The Hall–Kier alpha value is -0.610. The Morgan fingerprint density at radius 1 is 1.31 bits per heavy atom. The van der Waals surface area contributed by atoms with Crippen LogP contribution in [0.4, 0.5) is 0 Å². The zero-order chi connectivity index (χ0) is 10.4. The molecule has 0 aliphatic heterocycles. The topological polar surface area (TPSA) is 55.8 Å². The minimum Gasteiger partial charge on any atom is -0.479 e. The van der Waals surface area contributed by atoms with Crippen LogP contribution in [0, 0.1) is 5.92 Å². The zero-order valence-corrected chi connectivity index (χ0v) is 8.61. The highest BCUT2D eigenvalue weighted by Crippen LogP contribution is 2.02. The lowest BCUT2D eigenvalue weighted by Crippen LogP contribution is -2.27. The first kappa shape index (κ1) is 12.4. The van der Waals surface area contributed by atoms with Gasteiger partial charge in [0.2, 0.25) is 0 Å². The molecule has 1 unspecified atom stereocenters. The van der Waals surface area contributed by atoms with E-state index in [1.54, 1.807) is 6.92 Å². The number of carboxylic acid groups (broad SMARTS) is 1. The van der Waals surface area contributed by atoms with Crippen molar-refractivity contribution >= 4 is 5.97 Å². The highest BCUT2D eigenvalue weighted by molar-refractivity contribution is 5.71. The Bertz CT molecular complexity index is 156. The van der Waals surface area contributed by atoms with Crippen LogP contribution < -0.4 is 0 Å². The molecule has 0 radical (unpaired) electrons. The van der Waals surface area contributed by atoms with Gasteiger partial charge in [-0.1, -0.05) is 13.8 Å². The van der Waals surface area contributed by atoms with E-state index in [9.17, 15) is 4.79 Å². The lowest BCUT2D eigenvalue weighted by molar-refractivity contribution is -0.183. The summed E-state index contributed by atoms with van der Waals surface area (Å²) >= 11 is 0. The molecule has 0 aromatic rings. The Morgan fingerprint density at radius 3 is 2.23 bits per heavy atom. The van der Waals surface area contributed by atoms with Crippen LogP contribution in [0.25, 0.3) is 0 Å². The fourth-order valence-electron chi connectivity index (χ4n) is 0.713. The Balaban J connectivity index is 3.61. The Kier molecular flexibility index (Phi) is 5.66. The highest BCUT2D eigenvalue weighted by atomic mass is 16.7. The number of hydrogen-bond donors (Lipinski definition) is 1. The lowest BCUT2D eigenvalue weighted by Gasteiger charge is -2.17. The molecule has 4 heteroatoms. The van der Waals surface area contributed by atoms with Crippen LogP contribution in [0.5, 0.6) is 0 Å². The summed E-state index contributed by atoms with van der Waals surface area (Å²) in [6.45, 7) is 7.80. The van der Waals surface area contributed by atoms with Crippen LogP contribution in [0.15, 0.2) is 0 Å². The van der Waals surface area contributed by atoms with E-state index >= 15 is 0 Å². The average molecular weight is 190 g/mol. The normalized spacial score (nSPS) is 15.8. The van der Waals surface area contributed by atoms with E-state index in [1.165, 1.54) is 6.92 Å². The molecule has 0 spiro atoms. The van der Waals surface area contributed by atoms with Crippen molar-refractivity contribution in [2.45, 2.75) is 40.1 Å². The van der Waals surface area contributed by atoms with E-state index in [2.05, 4.69) is 0 Å². The van der Waals surface area contributed by atoms with Crippen molar-refractivity contribution < 1.29 is 19.4 Å². The summed E-state index contributed by atoms with van der Waals surface area (Å²) < 4.78 is 10.3. The second kappa shape index (κ2) is 5.94. The number of aliphatic carboxylic acids is 1. The predicted molar refractivity (Wildman–Crippen MR) is 48.4 cm³/mol. The molecule has 0 aromatic heterocycles. The first-order valence-electron chi connectivity index (χ1n) is 4.43. The molecular weight excluding hydrogens is 172 g/mol. The zero-order valence-electron chi connectivity index (χ0n) is 8.61. The average Bonchev–Trinajstić information content (AvgIpc) is 2.00. The summed E-state index contributed by atoms with van der Waals surface area (Å²) in [5.41, 5.74) is 0. The maximum Gasteiger partial charge on any atom is 0.332 e. The minimum absolute atomic E-state index is 0.422. The summed E-state index contributed by atoms with van der Waals surface area (Å²) in [4.78, 5) is 10.4. The Labute approximate surface area is 78.8 Å². The summed E-state index contributed by atoms with van der Waals surface area (Å²) in [5.74, 6) is -0.550. The van der Waals surface area contributed by atoms with Gasteiger partial charge in [0.25, 0.3) is 0 Å². The number of hydrogen-bond acceptors (Lipinski definition) is 3. The molecule has 0 aliphatic carbocycles. The van der Waals surface area contributed by atoms with Crippen molar-refractivity contribution in [2.75, 3.05) is 6.61 Å². The molecule has 0 bridgehead atoms. The molecule has 78 valence electrons. The molecule has 0 heterocycles. The van der Waals surface area contributed by atoms with Gasteiger partial charge in [-0.05, 0) is 19.8 Å². The van der Waals surface area contributed by atoms with Gasteiger partial charge < -0.3 is 14.6 Å².